The molecule has 0 radical (unpaired) electrons. The van der Waals surface area contributed by atoms with Crippen molar-refractivity contribution in [3.8, 4) is 0 Å². The molecular weight excluding hydrogens is 467 g/mol. The lowest BCUT2D eigenvalue weighted by Gasteiger charge is -2.15. The molecule has 3 N–H and O–H groups in total. The lowest BCUT2D eigenvalue weighted by Crippen LogP contribution is -2.40. The molecule has 1 amide bonds. The van der Waals surface area contributed by atoms with E-state index < -0.39 is 0 Å². The number of aromatic nitrogens is 2. The standard InChI is InChI=1S/C20H30N6O.HI/c1-4-16(2)25-19(27)10-12-22-20(21-3)23-14-17-8-5-6-9-18(17)15-26-13-7-11-24-26;/h5-9,11,13,16H,4,10,12,14-15H2,1-3H3,(H,25,27)(H2,21,22,23);1H. The molecule has 0 aliphatic heterocycles. The van der Waals surface area contributed by atoms with Gasteiger partial charge in [-0.15, -0.1) is 24.0 Å². The van der Waals surface area contributed by atoms with E-state index in [0.717, 1.165) is 13.0 Å². The van der Waals surface area contributed by atoms with E-state index in [2.05, 4.69) is 45.1 Å². The molecule has 1 atom stereocenters. The molecule has 2 aromatic rings. The summed E-state index contributed by atoms with van der Waals surface area (Å²) in [7, 11) is 1.73. The van der Waals surface area contributed by atoms with Crippen molar-refractivity contribution in [1.82, 2.24) is 25.7 Å². The van der Waals surface area contributed by atoms with Crippen LogP contribution in [0.15, 0.2) is 47.7 Å². The van der Waals surface area contributed by atoms with E-state index >= 15 is 0 Å². The van der Waals surface area contributed by atoms with Crippen molar-refractivity contribution in [3.05, 3.63) is 53.9 Å². The van der Waals surface area contributed by atoms with Gasteiger partial charge in [-0.2, -0.15) is 5.10 Å². The summed E-state index contributed by atoms with van der Waals surface area (Å²) in [6.45, 7) is 5.98. The second-order valence-electron chi connectivity index (χ2n) is 6.45. The minimum Gasteiger partial charge on any atom is -0.356 e. The first-order chi connectivity index (χ1) is 13.1. The molecule has 1 heterocycles. The van der Waals surface area contributed by atoms with Gasteiger partial charge in [-0.25, -0.2) is 0 Å². The van der Waals surface area contributed by atoms with Crippen molar-refractivity contribution in [1.29, 1.82) is 0 Å². The molecule has 1 aromatic heterocycles. The highest BCUT2D eigenvalue weighted by atomic mass is 127. The van der Waals surface area contributed by atoms with Crippen LogP contribution in [0, 0.1) is 0 Å². The van der Waals surface area contributed by atoms with Gasteiger partial charge in [-0.05, 0) is 30.5 Å². The van der Waals surface area contributed by atoms with E-state index in [0.29, 0.717) is 25.5 Å². The quantitative estimate of drug-likeness (QED) is 0.282. The van der Waals surface area contributed by atoms with E-state index in [1.165, 1.54) is 11.1 Å². The maximum absolute atomic E-state index is 11.8. The van der Waals surface area contributed by atoms with Gasteiger partial charge < -0.3 is 16.0 Å². The minimum atomic E-state index is 0. The first kappa shape index (κ1) is 23.9. The maximum Gasteiger partial charge on any atom is 0.221 e. The molecule has 7 nitrogen and oxygen atoms in total. The third kappa shape index (κ3) is 8.28. The van der Waals surface area contributed by atoms with Crippen LogP contribution in [-0.2, 0) is 17.9 Å². The molecule has 0 bridgehead atoms. The number of aliphatic imine (C=N–C) groups is 1. The average Bonchev–Trinajstić information content (AvgIpc) is 3.18. The van der Waals surface area contributed by atoms with Crippen LogP contribution < -0.4 is 16.0 Å². The van der Waals surface area contributed by atoms with Gasteiger partial charge in [0, 0.05) is 45.0 Å². The second kappa shape index (κ2) is 13.1. The van der Waals surface area contributed by atoms with Gasteiger partial charge in [-0.3, -0.25) is 14.5 Å². The number of carbonyl (C=O) groups excluding carboxylic acids is 1. The monoisotopic (exact) mass is 498 g/mol. The number of hydrogen-bond acceptors (Lipinski definition) is 3. The Labute approximate surface area is 184 Å². The molecular formula is C20H31IN6O. The normalized spacial score (nSPS) is 12.0. The lowest BCUT2D eigenvalue weighted by atomic mass is 10.1. The SMILES string of the molecule is CCC(C)NC(=O)CCNC(=NC)NCc1ccccc1Cn1cccn1.I. The Morgan fingerprint density at radius 3 is 2.61 bits per heavy atom. The topological polar surface area (TPSA) is 83.3 Å². The Kier molecular flexibility index (Phi) is 11.2. The lowest BCUT2D eigenvalue weighted by molar-refractivity contribution is -0.121. The van der Waals surface area contributed by atoms with Crippen LogP contribution in [0.2, 0.25) is 0 Å². The Morgan fingerprint density at radius 1 is 1.21 bits per heavy atom. The number of nitrogens with zero attached hydrogens (tertiary/aromatic N) is 3. The molecule has 28 heavy (non-hydrogen) atoms. The Balaban J connectivity index is 0.00000392. The summed E-state index contributed by atoms with van der Waals surface area (Å²) in [6.07, 6.45) is 5.08. The number of hydrogen-bond donors (Lipinski definition) is 3. The van der Waals surface area contributed by atoms with E-state index in [1.807, 2.05) is 36.0 Å². The Hall–Kier alpha value is -2.10. The number of halogens is 1. The van der Waals surface area contributed by atoms with Gasteiger partial charge in [0.15, 0.2) is 5.96 Å². The fourth-order valence-electron chi connectivity index (χ4n) is 2.60. The van der Waals surface area contributed by atoms with Gasteiger partial charge in [0.2, 0.25) is 5.91 Å². The van der Waals surface area contributed by atoms with Gasteiger partial charge in [0.1, 0.15) is 0 Å². The van der Waals surface area contributed by atoms with Crippen LogP contribution in [-0.4, -0.2) is 41.3 Å². The predicted molar refractivity (Wildman–Crippen MR) is 124 cm³/mol. The first-order valence-corrected chi connectivity index (χ1v) is 9.40. The fourth-order valence-corrected chi connectivity index (χ4v) is 2.60. The fraction of sp³-hybridized carbons (Fsp3) is 0.450. The molecule has 2 rings (SSSR count). The van der Waals surface area contributed by atoms with Crippen molar-refractivity contribution in [2.45, 2.75) is 45.8 Å². The van der Waals surface area contributed by atoms with Gasteiger partial charge >= 0.3 is 0 Å². The van der Waals surface area contributed by atoms with Crippen LogP contribution in [0.5, 0.6) is 0 Å². The van der Waals surface area contributed by atoms with Gasteiger partial charge in [0.05, 0.1) is 6.54 Å². The van der Waals surface area contributed by atoms with Crippen molar-refractivity contribution in [2.75, 3.05) is 13.6 Å². The molecule has 1 aromatic carbocycles. The highest BCUT2D eigenvalue weighted by molar-refractivity contribution is 14.0. The summed E-state index contributed by atoms with van der Waals surface area (Å²) in [6, 6.07) is 10.4. The molecule has 0 saturated heterocycles. The number of guanidine groups is 1. The summed E-state index contributed by atoms with van der Waals surface area (Å²) < 4.78 is 1.90. The summed E-state index contributed by atoms with van der Waals surface area (Å²) in [5, 5.41) is 13.7. The molecule has 0 saturated carbocycles. The Bertz CT molecular complexity index is 732. The minimum absolute atomic E-state index is 0. The number of carbonyl (C=O) groups is 1. The Morgan fingerprint density at radius 2 is 1.96 bits per heavy atom. The number of rotatable bonds is 9. The predicted octanol–water partition coefficient (Wildman–Crippen LogP) is 2.52. The molecule has 8 heteroatoms. The van der Waals surface area contributed by atoms with E-state index in [-0.39, 0.29) is 35.9 Å². The first-order valence-electron chi connectivity index (χ1n) is 9.40. The third-order valence-corrected chi connectivity index (χ3v) is 4.34. The van der Waals surface area contributed by atoms with Crippen molar-refractivity contribution >= 4 is 35.8 Å². The van der Waals surface area contributed by atoms with E-state index in [4.69, 9.17) is 0 Å². The second-order valence-corrected chi connectivity index (χ2v) is 6.45. The van der Waals surface area contributed by atoms with Gasteiger partial charge in [-0.1, -0.05) is 31.2 Å². The van der Waals surface area contributed by atoms with Crippen molar-refractivity contribution < 1.29 is 4.79 Å². The van der Waals surface area contributed by atoms with E-state index in [1.54, 1.807) is 13.2 Å². The number of nitrogens with one attached hydrogen (secondary N) is 3. The molecule has 0 aliphatic rings. The molecule has 0 spiro atoms. The zero-order chi connectivity index (χ0) is 19.5. The van der Waals surface area contributed by atoms with E-state index in [9.17, 15) is 4.79 Å². The molecule has 154 valence electrons. The summed E-state index contributed by atoms with van der Waals surface area (Å²) in [4.78, 5) is 16.1. The van der Waals surface area contributed by atoms with Crippen molar-refractivity contribution in [3.63, 3.8) is 0 Å². The van der Waals surface area contributed by atoms with Crippen LogP contribution in [0.4, 0.5) is 0 Å². The molecule has 1 unspecified atom stereocenters. The maximum atomic E-state index is 11.8. The number of benzene rings is 1. The largest absolute Gasteiger partial charge is 0.356 e. The van der Waals surface area contributed by atoms with Crippen LogP contribution in [0.25, 0.3) is 0 Å². The summed E-state index contributed by atoms with van der Waals surface area (Å²) >= 11 is 0. The van der Waals surface area contributed by atoms with Crippen LogP contribution in [0.3, 0.4) is 0 Å². The highest BCUT2D eigenvalue weighted by Gasteiger charge is 2.07. The zero-order valence-electron chi connectivity index (χ0n) is 16.8. The van der Waals surface area contributed by atoms with Crippen LogP contribution in [0.1, 0.15) is 37.8 Å². The average molecular weight is 498 g/mol. The molecule has 0 aliphatic carbocycles. The smallest absolute Gasteiger partial charge is 0.221 e. The third-order valence-electron chi connectivity index (χ3n) is 4.34. The number of amides is 1. The van der Waals surface area contributed by atoms with Crippen LogP contribution >= 0.6 is 24.0 Å². The zero-order valence-corrected chi connectivity index (χ0v) is 19.1. The highest BCUT2D eigenvalue weighted by Crippen LogP contribution is 2.10. The van der Waals surface area contributed by atoms with Crippen molar-refractivity contribution in [2.24, 2.45) is 4.99 Å². The molecule has 0 fully saturated rings. The summed E-state index contributed by atoms with van der Waals surface area (Å²) in [5.41, 5.74) is 2.39. The van der Waals surface area contributed by atoms with Gasteiger partial charge in [0.25, 0.3) is 0 Å². The summed E-state index contributed by atoms with van der Waals surface area (Å²) in [5.74, 6) is 0.733.